The summed E-state index contributed by atoms with van der Waals surface area (Å²) < 4.78 is 0. The number of carbonyl (C=O) groups excluding carboxylic acids is 1. The number of pyridine rings is 1. The van der Waals surface area contributed by atoms with Crippen molar-refractivity contribution in [2.45, 2.75) is 38.1 Å². The van der Waals surface area contributed by atoms with Gasteiger partial charge in [0.15, 0.2) is 0 Å². The fourth-order valence-electron chi connectivity index (χ4n) is 3.64. The molecule has 1 amide bonds. The van der Waals surface area contributed by atoms with Crippen molar-refractivity contribution in [3.63, 3.8) is 0 Å². The lowest BCUT2D eigenvalue weighted by Crippen LogP contribution is -2.46. The van der Waals surface area contributed by atoms with Gasteiger partial charge in [-0.1, -0.05) is 6.42 Å². The molecule has 0 spiro atoms. The van der Waals surface area contributed by atoms with Gasteiger partial charge in [-0.05, 0) is 37.7 Å². The van der Waals surface area contributed by atoms with Crippen LogP contribution >= 0.6 is 0 Å². The van der Waals surface area contributed by atoms with Crippen LogP contribution in [0.4, 0.5) is 11.5 Å². The summed E-state index contributed by atoms with van der Waals surface area (Å²) in [4.78, 5) is 28.8. The first-order valence-electron chi connectivity index (χ1n) is 7.29. The van der Waals surface area contributed by atoms with Crippen molar-refractivity contribution in [3.8, 4) is 0 Å². The molecule has 1 saturated heterocycles. The molecule has 112 valence electrons. The van der Waals surface area contributed by atoms with E-state index in [-0.39, 0.29) is 29.0 Å². The second-order valence-electron chi connectivity index (χ2n) is 5.78. The van der Waals surface area contributed by atoms with Crippen LogP contribution in [0.3, 0.4) is 0 Å². The minimum absolute atomic E-state index is 0.0556. The van der Waals surface area contributed by atoms with Crippen LogP contribution in [-0.2, 0) is 0 Å². The van der Waals surface area contributed by atoms with E-state index < -0.39 is 4.92 Å². The van der Waals surface area contributed by atoms with Crippen LogP contribution in [0.1, 0.15) is 42.5 Å². The number of fused-ring (bicyclic) bond motifs is 1. The van der Waals surface area contributed by atoms with Gasteiger partial charge in [-0.3, -0.25) is 14.9 Å². The van der Waals surface area contributed by atoms with Crippen LogP contribution in [-0.4, -0.2) is 33.3 Å². The molecule has 0 bridgehead atoms. The number of nitrogen functional groups attached to an aromatic ring is 1. The number of rotatable bonds is 2. The zero-order chi connectivity index (χ0) is 15.0. The minimum atomic E-state index is -0.574. The Morgan fingerprint density at radius 1 is 1.38 bits per heavy atom. The van der Waals surface area contributed by atoms with Gasteiger partial charge < -0.3 is 10.6 Å². The van der Waals surface area contributed by atoms with Crippen molar-refractivity contribution in [2.24, 2.45) is 5.92 Å². The van der Waals surface area contributed by atoms with E-state index >= 15 is 0 Å². The van der Waals surface area contributed by atoms with Gasteiger partial charge in [0.1, 0.15) is 17.6 Å². The third-order valence-electron chi connectivity index (χ3n) is 4.59. The molecule has 2 fully saturated rings. The summed E-state index contributed by atoms with van der Waals surface area (Å²) in [5, 5.41) is 11.1. The molecule has 2 aliphatic rings. The predicted octanol–water partition coefficient (Wildman–Crippen LogP) is 1.98. The number of nitrogens with zero attached hydrogens (tertiary/aromatic N) is 3. The van der Waals surface area contributed by atoms with E-state index in [9.17, 15) is 14.9 Å². The molecule has 2 unspecified atom stereocenters. The number of carbonyl (C=O) groups is 1. The fraction of sp³-hybridized carbons (Fsp3) is 0.571. The molecule has 0 radical (unpaired) electrons. The third-order valence-corrected chi connectivity index (χ3v) is 4.59. The molecule has 7 nitrogen and oxygen atoms in total. The van der Waals surface area contributed by atoms with Crippen molar-refractivity contribution in [2.75, 3.05) is 12.3 Å². The predicted molar refractivity (Wildman–Crippen MR) is 76.7 cm³/mol. The van der Waals surface area contributed by atoms with Crippen LogP contribution in [0.2, 0.25) is 0 Å². The number of piperidine rings is 1. The normalized spacial score (nSPS) is 24.7. The monoisotopic (exact) mass is 290 g/mol. The Bertz CT molecular complexity index is 590. The molecule has 1 aliphatic carbocycles. The molecule has 0 aromatic carbocycles. The van der Waals surface area contributed by atoms with E-state index in [0.29, 0.717) is 12.5 Å². The first-order valence-corrected chi connectivity index (χ1v) is 7.29. The molecule has 2 heterocycles. The van der Waals surface area contributed by atoms with Gasteiger partial charge in [0.05, 0.1) is 4.92 Å². The van der Waals surface area contributed by atoms with E-state index in [1.165, 1.54) is 6.07 Å². The maximum Gasteiger partial charge on any atom is 0.300 e. The summed E-state index contributed by atoms with van der Waals surface area (Å²) in [6, 6.07) is 1.54. The summed E-state index contributed by atoms with van der Waals surface area (Å²) in [5.41, 5.74) is 5.38. The van der Waals surface area contributed by atoms with Crippen molar-refractivity contribution in [3.05, 3.63) is 27.9 Å². The van der Waals surface area contributed by atoms with E-state index in [1.54, 1.807) is 0 Å². The van der Waals surface area contributed by atoms with Crippen molar-refractivity contribution < 1.29 is 9.72 Å². The second kappa shape index (κ2) is 5.31. The Balaban J connectivity index is 1.94. The summed E-state index contributed by atoms with van der Waals surface area (Å²) in [5.74, 6) is 0.386. The van der Waals surface area contributed by atoms with Gasteiger partial charge in [0.2, 0.25) is 0 Å². The number of aromatic nitrogens is 1. The summed E-state index contributed by atoms with van der Waals surface area (Å²) in [7, 11) is 0. The molecule has 7 heteroatoms. The van der Waals surface area contributed by atoms with Crippen molar-refractivity contribution >= 4 is 17.4 Å². The maximum atomic E-state index is 12.8. The number of hydrogen-bond acceptors (Lipinski definition) is 5. The van der Waals surface area contributed by atoms with Crippen LogP contribution in [0.15, 0.2) is 12.3 Å². The van der Waals surface area contributed by atoms with E-state index in [0.717, 1.165) is 38.3 Å². The zero-order valence-corrected chi connectivity index (χ0v) is 11.7. The number of hydrogen-bond donors (Lipinski definition) is 1. The molecular formula is C14H18N4O3. The smallest absolute Gasteiger partial charge is 0.300 e. The third kappa shape index (κ3) is 2.43. The SMILES string of the molecule is Nc1cc(C(=O)N2CCCC3CCCC32)c([N+](=O)[O-])cn1. The molecule has 21 heavy (non-hydrogen) atoms. The minimum Gasteiger partial charge on any atom is -0.384 e. The van der Waals surface area contributed by atoms with Gasteiger partial charge in [-0.25, -0.2) is 4.98 Å². The highest BCUT2D eigenvalue weighted by atomic mass is 16.6. The topological polar surface area (TPSA) is 102 Å². The highest BCUT2D eigenvalue weighted by Gasteiger charge is 2.39. The van der Waals surface area contributed by atoms with E-state index in [2.05, 4.69) is 4.98 Å². The molecule has 2 N–H and O–H groups in total. The molecule has 1 aromatic rings. The van der Waals surface area contributed by atoms with Gasteiger partial charge in [-0.15, -0.1) is 0 Å². The largest absolute Gasteiger partial charge is 0.384 e. The molecular weight excluding hydrogens is 272 g/mol. The average Bonchev–Trinajstić information content (AvgIpc) is 2.94. The summed E-state index contributed by atoms with van der Waals surface area (Å²) in [6.45, 7) is 0.666. The summed E-state index contributed by atoms with van der Waals surface area (Å²) in [6.07, 6.45) is 6.44. The zero-order valence-electron chi connectivity index (χ0n) is 11.7. The van der Waals surface area contributed by atoms with Crippen LogP contribution in [0.5, 0.6) is 0 Å². The Morgan fingerprint density at radius 2 is 2.14 bits per heavy atom. The first-order chi connectivity index (χ1) is 10.1. The molecule has 1 saturated carbocycles. The molecule has 1 aliphatic heterocycles. The quantitative estimate of drug-likeness (QED) is 0.662. The first kappa shape index (κ1) is 13.8. The van der Waals surface area contributed by atoms with Crippen molar-refractivity contribution in [1.29, 1.82) is 0 Å². The lowest BCUT2D eigenvalue weighted by molar-refractivity contribution is -0.385. The Hall–Kier alpha value is -2.18. The van der Waals surface area contributed by atoms with Crippen LogP contribution in [0.25, 0.3) is 0 Å². The van der Waals surface area contributed by atoms with Crippen LogP contribution < -0.4 is 5.73 Å². The Kier molecular flexibility index (Phi) is 3.48. The highest BCUT2D eigenvalue weighted by molar-refractivity contribution is 5.99. The Morgan fingerprint density at radius 3 is 2.90 bits per heavy atom. The lowest BCUT2D eigenvalue weighted by atomic mass is 9.91. The molecule has 2 atom stereocenters. The number of nitrogens with two attached hydrogens (primary N) is 1. The highest BCUT2D eigenvalue weighted by Crippen LogP contribution is 2.38. The van der Waals surface area contributed by atoms with Gasteiger partial charge in [-0.2, -0.15) is 0 Å². The Labute approximate surface area is 122 Å². The standard InChI is InChI=1S/C14H18N4O3/c15-13-7-10(12(8-16-13)18(20)21)14(19)17-6-2-4-9-3-1-5-11(9)17/h7-9,11H,1-6H2,(H2,15,16). The van der Waals surface area contributed by atoms with Gasteiger partial charge in [0, 0.05) is 12.6 Å². The van der Waals surface area contributed by atoms with Gasteiger partial charge in [0.25, 0.3) is 11.6 Å². The van der Waals surface area contributed by atoms with Crippen LogP contribution in [0, 0.1) is 16.0 Å². The maximum absolute atomic E-state index is 12.8. The number of anilines is 1. The number of nitro groups is 1. The molecule has 3 rings (SSSR count). The molecule has 1 aromatic heterocycles. The van der Waals surface area contributed by atoms with Crippen molar-refractivity contribution in [1.82, 2.24) is 9.88 Å². The lowest BCUT2D eigenvalue weighted by Gasteiger charge is -2.37. The number of likely N-dealkylation sites (tertiary alicyclic amines) is 1. The van der Waals surface area contributed by atoms with E-state index in [4.69, 9.17) is 5.73 Å². The average molecular weight is 290 g/mol. The van der Waals surface area contributed by atoms with E-state index in [1.807, 2.05) is 4.90 Å². The number of amides is 1. The fourth-order valence-corrected chi connectivity index (χ4v) is 3.64. The second-order valence-corrected chi connectivity index (χ2v) is 5.78. The van der Waals surface area contributed by atoms with Gasteiger partial charge >= 0.3 is 0 Å². The summed E-state index contributed by atoms with van der Waals surface area (Å²) >= 11 is 0.